The highest BCUT2D eigenvalue weighted by Crippen LogP contribution is 2.21. The second kappa shape index (κ2) is 4.11. The number of hydrogen-bond acceptors (Lipinski definition) is 2. The van der Waals surface area contributed by atoms with Crippen LogP contribution >= 0.6 is 15.9 Å². The fourth-order valence-corrected chi connectivity index (χ4v) is 1.24. The van der Waals surface area contributed by atoms with Crippen molar-refractivity contribution in [1.82, 2.24) is 0 Å². The van der Waals surface area contributed by atoms with Crippen molar-refractivity contribution >= 4 is 21.8 Å². The fraction of sp³-hybridized carbons (Fsp3) is 0.125. The average Bonchev–Trinajstić information content (AvgIpc) is 2.17. The van der Waals surface area contributed by atoms with E-state index in [2.05, 4.69) is 21.1 Å². The molecule has 4 heteroatoms. The topological polar surface area (TPSA) is 58.6 Å². The van der Waals surface area contributed by atoms with Crippen molar-refractivity contribution in [2.24, 2.45) is 10.9 Å². The second-order valence-corrected chi connectivity index (χ2v) is 3.21. The van der Waals surface area contributed by atoms with Gasteiger partial charge in [-0.25, -0.2) is 0 Å². The number of amidine groups is 1. The Hall–Kier alpha value is -1.03. The lowest BCUT2D eigenvalue weighted by Crippen LogP contribution is -2.17. The summed E-state index contributed by atoms with van der Waals surface area (Å²) in [4.78, 5) is -0.219. The highest BCUT2D eigenvalue weighted by molar-refractivity contribution is 9.09. The largest absolute Gasteiger partial charge is 0.409 e. The number of rotatable bonds is 2. The Bertz CT molecular complexity index is 274. The molecule has 0 spiro atoms. The Morgan fingerprint density at radius 2 is 2.00 bits per heavy atom. The van der Waals surface area contributed by atoms with Gasteiger partial charge in [-0.3, -0.25) is 0 Å². The van der Waals surface area contributed by atoms with Crippen LogP contribution in [0.4, 0.5) is 0 Å². The molecule has 0 aliphatic rings. The zero-order valence-corrected chi connectivity index (χ0v) is 7.90. The van der Waals surface area contributed by atoms with Gasteiger partial charge in [-0.2, -0.15) is 0 Å². The van der Waals surface area contributed by atoms with Crippen molar-refractivity contribution in [2.45, 2.75) is 4.83 Å². The van der Waals surface area contributed by atoms with Crippen LogP contribution in [0.25, 0.3) is 0 Å². The minimum atomic E-state index is -0.219. The van der Waals surface area contributed by atoms with Gasteiger partial charge in [0, 0.05) is 0 Å². The zero-order chi connectivity index (χ0) is 8.97. The molecule has 1 unspecified atom stereocenters. The molecule has 64 valence electrons. The number of hydrogen-bond donors (Lipinski definition) is 2. The van der Waals surface area contributed by atoms with Gasteiger partial charge in [0.05, 0.1) is 0 Å². The maximum absolute atomic E-state index is 8.40. The van der Waals surface area contributed by atoms with Crippen LogP contribution in [0.1, 0.15) is 10.4 Å². The third-order valence-corrected chi connectivity index (χ3v) is 2.47. The highest BCUT2D eigenvalue weighted by Gasteiger charge is 2.10. The van der Waals surface area contributed by atoms with Gasteiger partial charge in [0.1, 0.15) is 4.83 Å². The first-order valence-electron chi connectivity index (χ1n) is 3.42. The molecule has 1 atom stereocenters. The van der Waals surface area contributed by atoms with Crippen LogP contribution in [-0.4, -0.2) is 11.0 Å². The second-order valence-electron chi connectivity index (χ2n) is 2.30. The molecule has 3 N–H and O–H groups in total. The molecule has 0 aromatic heterocycles. The summed E-state index contributed by atoms with van der Waals surface area (Å²) in [6, 6.07) is 9.51. The van der Waals surface area contributed by atoms with E-state index in [4.69, 9.17) is 10.9 Å². The predicted molar refractivity (Wildman–Crippen MR) is 51.5 cm³/mol. The molecule has 0 aliphatic heterocycles. The SMILES string of the molecule is NC(=NO)C(Br)c1ccccc1. The Morgan fingerprint density at radius 3 is 2.50 bits per heavy atom. The quantitative estimate of drug-likeness (QED) is 0.267. The molecule has 0 bridgehead atoms. The van der Waals surface area contributed by atoms with Gasteiger partial charge in [-0.05, 0) is 5.56 Å². The van der Waals surface area contributed by atoms with Gasteiger partial charge >= 0.3 is 0 Å². The number of benzene rings is 1. The van der Waals surface area contributed by atoms with Gasteiger partial charge in [0.2, 0.25) is 0 Å². The molecule has 0 fully saturated rings. The van der Waals surface area contributed by atoms with Crippen LogP contribution in [0.15, 0.2) is 35.5 Å². The lowest BCUT2D eigenvalue weighted by Gasteiger charge is -2.06. The molecular weight excluding hydrogens is 220 g/mol. The molecule has 0 radical (unpaired) electrons. The van der Waals surface area contributed by atoms with Crippen molar-refractivity contribution in [3.63, 3.8) is 0 Å². The highest BCUT2D eigenvalue weighted by atomic mass is 79.9. The van der Waals surface area contributed by atoms with E-state index in [1.165, 1.54) is 0 Å². The molecule has 12 heavy (non-hydrogen) atoms. The summed E-state index contributed by atoms with van der Waals surface area (Å²) in [5, 5.41) is 11.3. The number of alkyl halides is 1. The third-order valence-electron chi connectivity index (χ3n) is 1.47. The molecule has 0 heterocycles. The minimum Gasteiger partial charge on any atom is -0.409 e. The van der Waals surface area contributed by atoms with Crippen molar-refractivity contribution < 1.29 is 5.21 Å². The monoisotopic (exact) mass is 228 g/mol. The van der Waals surface area contributed by atoms with Crippen molar-refractivity contribution in [2.75, 3.05) is 0 Å². The van der Waals surface area contributed by atoms with Crippen LogP contribution in [-0.2, 0) is 0 Å². The fourth-order valence-electron chi connectivity index (χ4n) is 0.843. The van der Waals surface area contributed by atoms with E-state index >= 15 is 0 Å². The Kier molecular flexibility index (Phi) is 3.10. The van der Waals surface area contributed by atoms with Crippen LogP contribution in [0, 0.1) is 0 Å². The van der Waals surface area contributed by atoms with E-state index in [9.17, 15) is 0 Å². The maximum atomic E-state index is 8.40. The van der Waals surface area contributed by atoms with Crippen molar-refractivity contribution in [3.05, 3.63) is 35.9 Å². The normalized spacial score (nSPS) is 14.2. The summed E-state index contributed by atoms with van der Waals surface area (Å²) < 4.78 is 0. The van der Waals surface area contributed by atoms with E-state index in [-0.39, 0.29) is 10.7 Å². The first kappa shape index (κ1) is 9.06. The van der Waals surface area contributed by atoms with Gasteiger partial charge in [-0.1, -0.05) is 51.4 Å². The Labute approximate surface area is 79.0 Å². The number of oxime groups is 1. The standard InChI is InChI=1S/C8H9BrN2O/c9-7(8(10)11-12)6-4-2-1-3-5-6/h1-5,7,12H,(H2,10,11). The number of halogens is 1. The summed E-state index contributed by atoms with van der Waals surface area (Å²) in [7, 11) is 0. The van der Waals surface area contributed by atoms with Gasteiger partial charge in [0.15, 0.2) is 5.84 Å². The number of nitrogens with zero attached hydrogens (tertiary/aromatic N) is 1. The molecule has 1 rings (SSSR count). The zero-order valence-electron chi connectivity index (χ0n) is 6.31. The van der Waals surface area contributed by atoms with Crippen LogP contribution in [0.5, 0.6) is 0 Å². The van der Waals surface area contributed by atoms with E-state index in [1.54, 1.807) is 0 Å². The van der Waals surface area contributed by atoms with Crippen LogP contribution < -0.4 is 5.73 Å². The van der Waals surface area contributed by atoms with Crippen molar-refractivity contribution in [3.8, 4) is 0 Å². The maximum Gasteiger partial charge on any atom is 0.157 e. The van der Waals surface area contributed by atoms with Gasteiger partial charge in [0.25, 0.3) is 0 Å². The summed E-state index contributed by atoms with van der Waals surface area (Å²) in [5.41, 5.74) is 6.37. The summed E-state index contributed by atoms with van der Waals surface area (Å²) in [5.74, 6) is 0.154. The van der Waals surface area contributed by atoms with E-state index < -0.39 is 0 Å². The van der Waals surface area contributed by atoms with Gasteiger partial charge in [-0.15, -0.1) is 0 Å². The Balaban J connectivity index is 2.86. The lowest BCUT2D eigenvalue weighted by atomic mass is 10.1. The van der Waals surface area contributed by atoms with E-state index in [0.717, 1.165) is 5.56 Å². The molecule has 1 aromatic rings. The molecule has 0 saturated carbocycles. The van der Waals surface area contributed by atoms with E-state index in [0.29, 0.717) is 0 Å². The number of nitrogens with two attached hydrogens (primary N) is 1. The molecule has 0 aliphatic carbocycles. The first-order valence-corrected chi connectivity index (χ1v) is 4.33. The lowest BCUT2D eigenvalue weighted by molar-refractivity contribution is 0.317. The molecule has 0 amide bonds. The smallest absolute Gasteiger partial charge is 0.157 e. The third kappa shape index (κ3) is 1.98. The van der Waals surface area contributed by atoms with Crippen molar-refractivity contribution in [1.29, 1.82) is 0 Å². The molecule has 3 nitrogen and oxygen atoms in total. The van der Waals surface area contributed by atoms with Crippen LogP contribution in [0.3, 0.4) is 0 Å². The van der Waals surface area contributed by atoms with Gasteiger partial charge < -0.3 is 10.9 Å². The average molecular weight is 229 g/mol. The minimum absolute atomic E-state index is 0.154. The van der Waals surface area contributed by atoms with E-state index in [1.807, 2.05) is 30.3 Å². The first-order chi connectivity index (χ1) is 5.75. The summed E-state index contributed by atoms with van der Waals surface area (Å²) in [6.07, 6.45) is 0. The summed E-state index contributed by atoms with van der Waals surface area (Å²) >= 11 is 3.30. The molecule has 0 saturated heterocycles. The molecular formula is C8H9BrN2O. The predicted octanol–water partition coefficient (Wildman–Crippen LogP) is 1.87. The summed E-state index contributed by atoms with van der Waals surface area (Å²) in [6.45, 7) is 0. The van der Waals surface area contributed by atoms with Crippen LogP contribution in [0.2, 0.25) is 0 Å². The Morgan fingerprint density at radius 1 is 1.42 bits per heavy atom. The molecule has 1 aromatic carbocycles.